The first-order valence-electron chi connectivity index (χ1n) is 8.51. The maximum Gasteiger partial charge on any atom is 0.225 e. The Morgan fingerprint density at radius 1 is 1.32 bits per heavy atom. The van der Waals surface area contributed by atoms with E-state index < -0.39 is 0 Å². The molecule has 25 heavy (non-hydrogen) atoms. The molecule has 6 nitrogen and oxygen atoms in total. The standard InChI is InChI=1S/C19H21N5O/c1-14-18(10-21-19(22-14)24-7-5-17(25)12-24)16-4-2-3-15(9-16)11-23-8-6-20-13-23/h2-4,6,8-10,13,17,25H,5,7,11-12H2,1H3/t17-/m1/s1. The molecule has 0 bridgehead atoms. The first-order chi connectivity index (χ1) is 12.2. The smallest absolute Gasteiger partial charge is 0.225 e. The Morgan fingerprint density at radius 2 is 2.24 bits per heavy atom. The van der Waals surface area contributed by atoms with E-state index in [1.54, 1.807) is 6.20 Å². The summed E-state index contributed by atoms with van der Waals surface area (Å²) in [6.45, 7) is 4.21. The second kappa shape index (κ2) is 6.64. The van der Waals surface area contributed by atoms with Crippen LogP contribution in [0.25, 0.3) is 11.1 Å². The molecule has 1 aliphatic rings. The molecule has 1 saturated heterocycles. The van der Waals surface area contributed by atoms with Crippen molar-refractivity contribution >= 4 is 5.95 Å². The quantitative estimate of drug-likeness (QED) is 0.792. The lowest BCUT2D eigenvalue weighted by molar-refractivity contribution is 0.198. The van der Waals surface area contributed by atoms with E-state index >= 15 is 0 Å². The Morgan fingerprint density at radius 3 is 2.96 bits per heavy atom. The van der Waals surface area contributed by atoms with Crippen LogP contribution >= 0.6 is 0 Å². The molecule has 4 rings (SSSR count). The normalized spacial score (nSPS) is 17.2. The number of hydrogen-bond donors (Lipinski definition) is 1. The number of hydrogen-bond acceptors (Lipinski definition) is 5. The number of aliphatic hydroxyl groups excluding tert-OH is 1. The molecule has 0 aliphatic carbocycles. The molecule has 0 amide bonds. The van der Waals surface area contributed by atoms with E-state index in [0.717, 1.165) is 36.3 Å². The number of anilines is 1. The summed E-state index contributed by atoms with van der Waals surface area (Å²) in [5.41, 5.74) is 4.31. The molecular formula is C19H21N5O. The van der Waals surface area contributed by atoms with E-state index in [0.29, 0.717) is 12.5 Å². The topological polar surface area (TPSA) is 67.1 Å². The van der Waals surface area contributed by atoms with Gasteiger partial charge in [0.05, 0.1) is 18.1 Å². The molecule has 2 aromatic heterocycles. The van der Waals surface area contributed by atoms with Crippen molar-refractivity contribution in [2.75, 3.05) is 18.0 Å². The van der Waals surface area contributed by atoms with Gasteiger partial charge in [0.25, 0.3) is 0 Å². The number of aliphatic hydroxyl groups is 1. The summed E-state index contributed by atoms with van der Waals surface area (Å²) in [6.07, 6.45) is 7.96. The summed E-state index contributed by atoms with van der Waals surface area (Å²) in [7, 11) is 0. The molecule has 0 radical (unpaired) electrons. The minimum atomic E-state index is -0.275. The second-order valence-corrected chi connectivity index (χ2v) is 6.49. The Labute approximate surface area is 146 Å². The predicted octanol–water partition coefficient (Wildman–Crippen LogP) is 2.27. The van der Waals surface area contributed by atoms with Crippen LogP contribution < -0.4 is 4.90 Å². The number of benzene rings is 1. The van der Waals surface area contributed by atoms with Gasteiger partial charge in [0, 0.05) is 43.8 Å². The number of aryl methyl sites for hydroxylation is 1. The van der Waals surface area contributed by atoms with Crippen molar-refractivity contribution in [3.05, 3.63) is 60.4 Å². The van der Waals surface area contributed by atoms with E-state index in [9.17, 15) is 5.11 Å². The van der Waals surface area contributed by atoms with E-state index in [2.05, 4.69) is 39.2 Å². The highest BCUT2D eigenvalue weighted by Crippen LogP contribution is 2.25. The molecule has 0 spiro atoms. The number of imidazole rings is 1. The molecule has 1 atom stereocenters. The summed E-state index contributed by atoms with van der Waals surface area (Å²) in [6, 6.07) is 8.43. The Bertz CT molecular complexity index is 862. The van der Waals surface area contributed by atoms with Crippen LogP contribution in [-0.2, 0) is 6.54 Å². The van der Waals surface area contributed by atoms with Gasteiger partial charge < -0.3 is 14.6 Å². The third kappa shape index (κ3) is 3.39. The fraction of sp³-hybridized carbons (Fsp3) is 0.316. The highest BCUT2D eigenvalue weighted by Gasteiger charge is 2.22. The lowest BCUT2D eigenvalue weighted by atomic mass is 10.0. The summed E-state index contributed by atoms with van der Waals surface area (Å²) in [5.74, 6) is 0.701. The van der Waals surface area contributed by atoms with Gasteiger partial charge >= 0.3 is 0 Å². The van der Waals surface area contributed by atoms with Crippen LogP contribution in [0.15, 0.2) is 49.2 Å². The first-order valence-corrected chi connectivity index (χ1v) is 8.51. The van der Waals surface area contributed by atoms with Gasteiger partial charge in [-0.1, -0.05) is 18.2 Å². The molecule has 0 unspecified atom stereocenters. The Balaban J connectivity index is 1.59. The van der Waals surface area contributed by atoms with Gasteiger partial charge in [-0.25, -0.2) is 15.0 Å². The average molecular weight is 335 g/mol. The third-order valence-corrected chi connectivity index (χ3v) is 4.58. The van der Waals surface area contributed by atoms with E-state index in [1.807, 2.05) is 35.1 Å². The minimum Gasteiger partial charge on any atom is -0.391 e. The zero-order valence-corrected chi connectivity index (χ0v) is 14.2. The van der Waals surface area contributed by atoms with Crippen LogP contribution in [0.4, 0.5) is 5.95 Å². The molecule has 6 heteroatoms. The minimum absolute atomic E-state index is 0.275. The fourth-order valence-corrected chi connectivity index (χ4v) is 3.24. The number of β-amino-alcohol motifs (C(OH)–C–C–N with tert-alkyl or cyclic N) is 1. The van der Waals surface area contributed by atoms with Crippen LogP contribution in [0, 0.1) is 6.92 Å². The largest absolute Gasteiger partial charge is 0.391 e. The van der Waals surface area contributed by atoms with Gasteiger partial charge in [-0.05, 0) is 30.5 Å². The van der Waals surface area contributed by atoms with Crippen molar-refractivity contribution < 1.29 is 5.11 Å². The van der Waals surface area contributed by atoms with Crippen molar-refractivity contribution in [1.29, 1.82) is 0 Å². The van der Waals surface area contributed by atoms with Gasteiger partial charge in [-0.3, -0.25) is 0 Å². The number of aromatic nitrogens is 4. The molecule has 3 heterocycles. The summed E-state index contributed by atoms with van der Waals surface area (Å²) < 4.78 is 2.05. The fourth-order valence-electron chi connectivity index (χ4n) is 3.24. The molecule has 1 aromatic carbocycles. The predicted molar refractivity (Wildman–Crippen MR) is 96.4 cm³/mol. The highest BCUT2D eigenvalue weighted by molar-refractivity contribution is 5.66. The van der Waals surface area contributed by atoms with Crippen LogP contribution in [0.3, 0.4) is 0 Å². The average Bonchev–Trinajstić information content (AvgIpc) is 3.27. The Hall–Kier alpha value is -2.73. The van der Waals surface area contributed by atoms with Gasteiger partial charge in [-0.15, -0.1) is 0 Å². The Kier molecular flexibility index (Phi) is 4.19. The van der Waals surface area contributed by atoms with Gasteiger partial charge in [-0.2, -0.15) is 0 Å². The van der Waals surface area contributed by atoms with Crippen LogP contribution in [-0.4, -0.2) is 43.8 Å². The summed E-state index contributed by atoms with van der Waals surface area (Å²) >= 11 is 0. The van der Waals surface area contributed by atoms with Gasteiger partial charge in [0.15, 0.2) is 0 Å². The molecule has 0 saturated carbocycles. The lowest BCUT2D eigenvalue weighted by Gasteiger charge is -2.17. The monoisotopic (exact) mass is 335 g/mol. The number of nitrogens with zero attached hydrogens (tertiary/aromatic N) is 5. The third-order valence-electron chi connectivity index (χ3n) is 4.58. The van der Waals surface area contributed by atoms with Gasteiger partial charge in [0.1, 0.15) is 0 Å². The molecule has 1 N–H and O–H groups in total. The van der Waals surface area contributed by atoms with Crippen molar-refractivity contribution in [3.63, 3.8) is 0 Å². The number of rotatable bonds is 4. The zero-order chi connectivity index (χ0) is 17.2. The van der Waals surface area contributed by atoms with Gasteiger partial charge in [0.2, 0.25) is 5.95 Å². The first kappa shape index (κ1) is 15.8. The van der Waals surface area contributed by atoms with E-state index in [1.165, 1.54) is 5.56 Å². The van der Waals surface area contributed by atoms with E-state index in [4.69, 9.17) is 0 Å². The molecule has 1 fully saturated rings. The maximum absolute atomic E-state index is 9.70. The highest BCUT2D eigenvalue weighted by atomic mass is 16.3. The summed E-state index contributed by atoms with van der Waals surface area (Å²) in [5, 5.41) is 9.70. The summed E-state index contributed by atoms with van der Waals surface area (Å²) in [4.78, 5) is 15.3. The van der Waals surface area contributed by atoms with Crippen LogP contribution in [0.1, 0.15) is 17.7 Å². The molecule has 3 aromatic rings. The SMILES string of the molecule is Cc1nc(N2CC[C@@H](O)C2)ncc1-c1cccc(Cn2ccnc2)c1. The zero-order valence-electron chi connectivity index (χ0n) is 14.2. The van der Waals surface area contributed by atoms with Crippen molar-refractivity contribution in [3.8, 4) is 11.1 Å². The van der Waals surface area contributed by atoms with Crippen molar-refractivity contribution in [2.24, 2.45) is 0 Å². The van der Waals surface area contributed by atoms with Crippen molar-refractivity contribution in [1.82, 2.24) is 19.5 Å². The molecule has 1 aliphatic heterocycles. The molecule has 128 valence electrons. The maximum atomic E-state index is 9.70. The van der Waals surface area contributed by atoms with Crippen molar-refractivity contribution in [2.45, 2.75) is 26.0 Å². The van der Waals surface area contributed by atoms with Crippen LogP contribution in [0.2, 0.25) is 0 Å². The van der Waals surface area contributed by atoms with Crippen LogP contribution in [0.5, 0.6) is 0 Å². The van der Waals surface area contributed by atoms with E-state index in [-0.39, 0.29) is 6.10 Å². The molecular weight excluding hydrogens is 314 g/mol. The lowest BCUT2D eigenvalue weighted by Crippen LogP contribution is -2.23. The second-order valence-electron chi connectivity index (χ2n) is 6.49.